The fraction of sp³-hybridized carbons (Fsp3) is 0.800. The highest BCUT2D eigenvalue weighted by molar-refractivity contribution is 5.21. The van der Waals surface area contributed by atoms with E-state index in [0.29, 0.717) is 6.04 Å². The van der Waals surface area contributed by atoms with Gasteiger partial charge < -0.3 is 5.32 Å². The summed E-state index contributed by atoms with van der Waals surface area (Å²) < 4.78 is 1.94. The minimum atomic E-state index is 0.480. The average Bonchev–Trinajstić information content (AvgIpc) is 2.70. The first-order chi connectivity index (χ1) is 8.65. The molecular formula is C15H27N3. The Balaban J connectivity index is 2.15. The molecule has 3 unspecified atom stereocenters. The van der Waals surface area contributed by atoms with Crippen LogP contribution in [-0.2, 0) is 7.05 Å². The van der Waals surface area contributed by atoms with Gasteiger partial charge in [0.25, 0.3) is 0 Å². The van der Waals surface area contributed by atoms with Crippen LogP contribution in [0.4, 0.5) is 0 Å². The van der Waals surface area contributed by atoms with Crippen LogP contribution in [0.2, 0.25) is 0 Å². The van der Waals surface area contributed by atoms with E-state index in [9.17, 15) is 0 Å². The Morgan fingerprint density at radius 2 is 2.28 bits per heavy atom. The zero-order valence-corrected chi connectivity index (χ0v) is 12.2. The van der Waals surface area contributed by atoms with Gasteiger partial charge in [-0.3, -0.25) is 4.68 Å². The third kappa shape index (κ3) is 2.77. The lowest BCUT2D eigenvalue weighted by atomic mass is 9.75. The Bertz CT molecular complexity index is 383. The third-order valence-corrected chi connectivity index (χ3v) is 4.57. The SMILES string of the molecule is CCC1CCCC(C(NC)c2cn(C)nc2C)C1. The summed E-state index contributed by atoms with van der Waals surface area (Å²) in [6.45, 7) is 4.45. The minimum Gasteiger partial charge on any atom is -0.313 e. The van der Waals surface area contributed by atoms with E-state index in [1.807, 2.05) is 11.7 Å². The molecule has 1 aromatic rings. The lowest BCUT2D eigenvalue weighted by molar-refractivity contribution is 0.214. The largest absolute Gasteiger partial charge is 0.313 e. The van der Waals surface area contributed by atoms with E-state index >= 15 is 0 Å². The zero-order chi connectivity index (χ0) is 13.1. The summed E-state index contributed by atoms with van der Waals surface area (Å²) in [5.74, 6) is 1.70. The Morgan fingerprint density at radius 3 is 2.83 bits per heavy atom. The summed E-state index contributed by atoms with van der Waals surface area (Å²) in [7, 11) is 4.10. The van der Waals surface area contributed by atoms with Gasteiger partial charge in [-0.1, -0.05) is 26.2 Å². The first kappa shape index (κ1) is 13.6. The van der Waals surface area contributed by atoms with Crippen LogP contribution in [0.1, 0.15) is 56.3 Å². The van der Waals surface area contributed by atoms with Crippen molar-refractivity contribution in [1.82, 2.24) is 15.1 Å². The molecule has 1 heterocycles. The number of rotatable bonds is 4. The van der Waals surface area contributed by atoms with Crippen molar-refractivity contribution < 1.29 is 0 Å². The summed E-state index contributed by atoms with van der Waals surface area (Å²) in [4.78, 5) is 0. The monoisotopic (exact) mass is 249 g/mol. The molecule has 0 radical (unpaired) electrons. The van der Waals surface area contributed by atoms with Gasteiger partial charge in [0.15, 0.2) is 0 Å². The van der Waals surface area contributed by atoms with Gasteiger partial charge in [-0.2, -0.15) is 5.10 Å². The van der Waals surface area contributed by atoms with Gasteiger partial charge in [0.2, 0.25) is 0 Å². The van der Waals surface area contributed by atoms with E-state index in [0.717, 1.165) is 11.8 Å². The third-order valence-electron chi connectivity index (χ3n) is 4.57. The van der Waals surface area contributed by atoms with Crippen molar-refractivity contribution in [3.8, 4) is 0 Å². The summed E-state index contributed by atoms with van der Waals surface area (Å²) in [6, 6.07) is 0.480. The summed E-state index contributed by atoms with van der Waals surface area (Å²) in [5, 5.41) is 8.02. The highest BCUT2D eigenvalue weighted by Gasteiger charge is 2.29. The normalized spacial score (nSPS) is 26.2. The molecule has 2 rings (SSSR count). The predicted molar refractivity (Wildman–Crippen MR) is 75.5 cm³/mol. The Morgan fingerprint density at radius 1 is 1.50 bits per heavy atom. The van der Waals surface area contributed by atoms with Gasteiger partial charge in [-0.05, 0) is 38.6 Å². The van der Waals surface area contributed by atoms with Crippen LogP contribution >= 0.6 is 0 Å². The van der Waals surface area contributed by atoms with Crippen molar-refractivity contribution >= 4 is 0 Å². The van der Waals surface area contributed by atoms with E-state index in [-0.39, 0.29) is 0 Å². The standard InChI is InChI=1S/C15H27N3/c1-5-12-7-6-8-13(9-12)15(16-3)14-10-18(4)17-11(14)2/h10,12-13,15-16H,5-9H2,1-4H3. The van der Waals surface area contributed by atoms with E-state index in [1.54, 1.807) is 0 Å². The molecule has 3 atom stereocenters. The maximum absolute atomic E-state index is 4.49. The smallest absolute Gasteiger partial charge is 0.0641 e. The van der Waals surface area contributed by atoms with Crippen LogP contribution in [-0.4, -0.2) is 16.8 Å². The number of aryl methyl sites for hydroxylation is 2. The molecule has 0 saturated heterocycles. The van der Waals surface area contributed by atoms with Gasteiger partial charge in [0.1, 0.15) is 0 Å². The van der Waals surface area contributed by atoms with Crippen LogP contribution < -0.4 is 5.32 Å². The van der Waals surface area contributed by atoms with Crippen LogP contribution in [0.3, 0.4) is 0 Å². The lowest BCUT2D eigenvalue weighted by Gasteiger charge is -2.34. The highest BCUT2D eigenvalue weighted by Crippen LogP contribution is 2.38. The molecule has 102 valence electrons. The molecule has 1 saturated carbocycles. The second-order valence-electron chi connectivity index (χ2n) is 5.81. The average molecular weight is 249 g/mol. The number of nitrogens with zero attached hydrogens (tertiary/aromatic N) is 2. The van der Waals surface area contributed by atoms with Crippen molar-refractivity contribution in [1.29, 1.82) is 0 Å². The molecule has 3 heteroatoms. The van der Waals surface area contributed by atoms with Crippen molar-refractivity contribution in [2.75, 3.05) is 7.05 Å². The van der Waals surface area contributed by atoms with E-state index in [1.165, 1.54) is 43.4 Å². The maximum atomic E-state index is 4.49. The molecule has 0 amide bonds. The molecule has 1 fully saturated rings. The molecule has 3 nitrogen and oxygen atoms in total. The van der Waals surface area contributed by atoms with Crippen LogP contribution in [0.5, 0.6) is 0 Å². The van der Waals surface area contributed by atoms with Crippen molar-refractivity contribution in [2.45, 2.75) is 52.0 Å². The fourth-order valence-corrected chi connectivity index (χ4v) is 3.57. The quantitative estimate of drug-likeness (QED) is 0.888. The number of hydrogen-bond donors (Lipinski definition) is 1. The first-order valence-electron chi connectivity index (χ1n) is 7.33. The Hall–Kier alpha value is -0.830. The molecule has 0 aliphatic heterocycles. The molecule has 1 aliphatic carbocycles. The highest BCUT2D eigenvalue weighted by atomic mass is 15.3. The molecule has 18 heavy (non-hydrogen) atoms. The van der Waals surface area contributed by atoms with E-state index < -0.39 is 0 Å². The second kappa shape index (κ2) is 5.87. The summed E-state index contributed by atoms with van der Waals surface area (Å²) in [5.41, 5.74) is 2.57. The lowest BCUT2D eigenvalue weighted by Crippen LogP contribution is -2.29. The van der Waals surface area contributed by atoms with Crippen molar-refractivity contribution in [2.24, 2.45) is 18.9 Å². The van der Waals surface area contributed by atoms with E-state index in [4.69, 9.17) is 0 Å². The van der Waals surface area contributed by atoms with Gasteiger partial charge in [0.05, 0.1) is 5.69 Å². The predicted octanol–water partition coefficient (Wildman–Crippen LogP) is 3.21. The van der Waals surface area contributed by atoms with Gasteiger partial charge >= 0.3 is 0 Å². The van der Waals surface area contributed by atoms with Crippen LogP contribution in [0.15, 0.2) is 6.20 Å². The van der Waals surface area contributed by atoms with Gasteiger partial charge in [-0.15, -0.1) is 0 Å². The number of nitrogens with one attached hydrogen (secondary N) is 1. The van der Waals surface area contributed by atoms with E-state index in [2.05, 4.69) is 37.5 Å². The maximum Gasteiger partial charge on any atom is 0.0641 e. The molecule has 0 aromatic carbocycles. The molecule has 1 aliphatic rings. The second-order valence-corrected chi connectivity index (χ2v) is 5.81. The Kier molecular flexibility index (Phi) is 4.44. The minimum absolute atomic E-state index is 0.480. The van der Waals surface area contributed by atoms with Crippen molar-refractivity contribution in [3.63, 3.8) is 0 Å². The Labute approximate surface area is 111 Å². The zero-order valence-electron chi connectivity index (χ0n) is 12.2. The van der Waals surface area contributed by atoms with Crippen molar-refractivity contribution in [3.05, 3.63) is 17.5 Å². The van der Waals surface area contributed by atoms with Crippen LogP contribution in [0.25, 0.3) is 0 Å². The molecule has 1 aromatic heterocycles. The van der Waals surface area contributed by atoms with Gasteiger partial charge in [0, 0.05) is 24.8 Å². The topological polar surface area (TPSA) is 29.9 Å². The van der Waals surface area contributed by atoms with Gasteiger partial charge in [-0.25, -0.2) is 0 Å². The fourth-order valence-electron chi connectivity index (χ4n) is 3.57. The first-order valence-corrected chi connectivity index (χ1v) is 7.33. The number of aromatic nitrogens is 2. The summed E-state index contributed by atoms with van der Waals surface area (Å²) in [6.07, 6.45) is 9.06. The molecule has 0 bridgehead atoms. The van der Waals surface area contributed by atoms with Crippen LogP contribution in [0, 0.1) is 18.8 Å². The molecule has 1 N–H and O–H groups in total. The summed E-state index contributed by atoms with van der Waals surface area (Å²) >= 11 is 0. The molecular weight excluding hydrogens is 222 g/mol. The number of hydrogen-bond acceptors (Lipinski definition) is 2. The molecule has 0 spiro atoms.